The molecule has 162 valence electrons. The van der Waals surface area contributed by atoms with Crippen LogP contribution in [-0.4, -0.2) is 31.1 Å². The van der Waals surface area contributed by atoms with Crippen LogP contribution in [0.2, 0.25) is 0 Å². The van der Waals surface area contributed by atoms with Crippen molar-refractivity contribution in [3.05, 3.63) is 51.6 Å². The maximum absolute atomic E-state index is 13.0. The van der Waals surface area contributed by atoms with E-state index in [9.17, 15) is 9.59 Å². The summed E-state index contributed by atoms with van der Waals surface area (Å²) in [6.07, 6.45) is 6.86. The zero-order chi connectivity index (χ0) is 21.4. The Labute approximate surface area is 185 Å². The van der Waals surface area contributed by atoms with Gasteiger partial charge in [-0.25, -0.2) is 0 Å². The van der Waals surface area contributed by atoms with E-state index in [4.69, 9.17) is 9.15 Å². The molecule has 0 radical (unpaired) electrons. The molecule has 3 heterocycles. The fourth-order valence-electron chi connectivity index (χ4n) is 4.51. The van der Waals surface area contributed by atoms with E-state index in [1.165, 1.54) is 16.2 Å². The van der Waals surface area contributed by atoms with Gasteiger partial charge in [0.1, 0.15) is 10.6 Å². The average Bonchev–Trinajstić information content (AvgIpc) is 3.51. The third kappa shape index (κ3) is 4.12. The molecule has 1 unspecified atom stereocenters. The molecule has 0 bridgehead atoms. The number of hydrogen-bond acceptors (Lipinski definition) is 5. The van der Waals surface area contributed by atoms with Gasteiger partial charge in [0.15, 0.2) is 0 Å². The summed E-state index contributed by atoms with van der Waals surface area (Å²) in [5.41, 5.74) is 4.48. The monoisotopic (exact) mass is 438 g/mol. The second kappa shape index (κ2) is 8.48. The molecule has 2 aromatic heterocycles. The molecule has 7 heteroatoms. The third-order valence-electron chi connectivity index (χ3n) is 6.08. The van der Waals surface area contributed by atoms with E-state index in [0.29, 0.717) is 17.1 Å². The van der Waals surface area contributed by atoms with Crippen molar-refractivity contribution < 1.29 is 18.7 Å². The lowest BCUT2D eigenvalue weighted by molar-refractivity contribution is -0.115. The van der Waals surface area contributed by atoms with Crippen LogP contribution in [0.3, 0.4) is 0 Å². The molecule has 0 spiro atoms. The number of carbonyl (C=O) groups excluding carboxylic acids is 2. The first kappa shape index (κ1) is 20.3. The number of carbonyl (C=O) groups is 2. The topological polar surface area (TPSA) is 80.6 Å². The molecule has 1 aliphatic heterocycles. The van der Waals surface area contributed by atoms with Gasteiger partial charge in [-0.3, -0.25) is 9.59 Å². The smallest absolute Gasteiger partial charge is 0.254 e. The highest BCUT2D eigenvalue weighted by Gasteiger charge is 2.28. The Kier molecular flexibility index (Phi) is 5.54. The van der Waals surface area contributed by atoms with Gasteiger partial charge in [-0.05, 0) is 56.7 Å². The number of amides is 2. The molecule has 1 aliphatic carbocycles. The molecule has 1 atom stereocenters. The van der Waals surface area contributed by atoms with E-state index in [1.807, 2.05) is 25.1 Å². The summed E-state index contributed by atoms with van der Waals surface area (Å²) in [5, 5.41) is 7.65. The number of aryl methyl sites for hydroxylation is 2. The van der Waals surface area contributed by atoms with E-state index in [1.54, 1.807) is 6.26 Å². The van der Waals surface area contributed by atoms with Gasteiger partial charge >= 0.3 is 0 Å². The maximum atomic E-state index is 13.0. The van der Waals surface area contributed by atoms with Crippen LogP contribution in [0, 0.1) is 6.92 Å². The Balaban J connectivity index is 1.33. The molecule has 2 aliphatic rings. The predicted molar refractivity (Wildman–Crippen MR) is 121 cm³/mol. The van der Waals surface area contributed by atoms with E-state index < -0.39 is 0 Å². The molecule has 5 rings (SSSR count). The van der Waals surface area contributed by atoms with Crippen molar-refractivity contribution in [1.29, 1.82) is 0 Å². The third-order valence-corrected chi connectivity index (χ3v) is 7.28. The van der Waals surface area contributed by atoms with Crippen molar-refractivity contribution in [3.8, 4) is 0 Å². The second-order valence-electron chi connectivity index (χ2n) is 8.39. The number of fused-ring (bicyclic) bond motifs is 2. The minimum absolute atomic E-state index is 0.0894. The molecule has 1 fully saturated rings. The molecule has 1 aromatic carbocycles. The average molecular weight is 439 g/mol. The highest BCUT2D eigenvalue weighted by molar-refractivity contribution is 7.17. The van der Waals surface area contributed by atoms with Gasteiger partial charge in [0.05, 0.1) is 24.4 Å². The number of nitrogens with one attached hydrogen (secondary N) is 2. The molecule has 3 aromatic rings. The first-order valence-electron chi connectivity index (χ1n) is 10.9. The maximum Gasteiger partial charge on any atom is 0.254 e. The standard InChI is InChI=1S/C24H26N2O4S/c1-14-7-8-19-18(10-14)15(13-30-19)11-21(27)26-24-22(17-5-2-6-20(17)31-24)23(28)25-12-16-4-3-9-29-16/h7-8,10,13,16H,2-6,9,11-12H2,1H3,(H,25,28)(H,26,27). The van der Waals surface area contributed by atoms with Crippen molar-refractivity contribution in [2.45, 2.75) is 51.6 Å². The highest BCUT2D eigenvalue weighted by Crippen LogP contribution is 2.39. The van der Waals surface area contributed by atoms with Gasteiger partial charge in [-0.1, -0.05) is 11.6 Å². The number of rotatable bonds is 6. The Hall–Kier alpha value is -2.64. The van der Waals surface area contributed by atoms with E-state index in [-0.39, 0.29) is 24.3 Å². The molecule has 0 saturated carbocycles. The number of furan rings is 1. The first-order valence-corrected chi connectivity index (χ1v) is 11.7. The second-order valence-corrected chi connectivity index (χ2v) is 9.50. The molecular weight excluding hydrogens is 412 g/mol. The van der Waals surface area contributed by atoms with Crippen LogP contribution >= 0.6 is 11.3 Å². The highest BCUT2D eigenvalue weighted by atomic mass is 32.1. The zero-order valence-corrected chi connectivity index (χ0v) is 18.4. The molecule has 2 N–H and O–H groups in total. The number of hydrogen-bond donors (Lipinski definition) is 2. The lowest BCUT2D eigenvalue weighted by Gasteiger charge is -2.12. The van der Waals surface area contributed by atoms with Crippen LogP contribution in [0.25, 0.3) is 11.0 Å². The summed E-state index contributed by atoms with van der Waals surface area (Å²) in [6, 6.07) is 5.95. The SMILES string of the molecule is Cc1ccc2occ(CC(=O)Nc3sc4c(c3C(=O)NCC3CCCO3)CCC4)c2c1. The number of benzene rings is 1. The van der Waals surface area contributed by atoms with Crippen molar-refractivity contribution in [3.63, 3.8) is 0 Å². The van der Waals surface area contributed by atoms with Crippen LogP contribution < -0.4 is 10.6 Å². The minimum atomic E-state index is -0.141. The summed E-state index contributed by atoms with van der Waals surface area (Å²) in [6.45, 7) is 3.29. The van der Waals surface area contributed by atoms with Gasteiger partial charge in [0, 0.05) is 29.0 Å². The Bertz CT molecular complexity index is 1140. The van der Waals surface area contributed by atoms with Crippen LogP contribution in [0.5, 0.6) is 0 Å². The summed E-state index contributed by atoms with van der Waals surface area (Å²) in [4.78, 5) is 27.1. The van der Waals surface area contributed by atoms with Crippen molar-refractivity contribution in [1.82, 2.24) is 5.32 Å². The fraction of sp³-hybridized carbons (Fsp3) is 0.417. The quantitative estimate of drug-likeness (QED) is 0.598. The van der Waals surface area contributed by atoms with Crippen molar-refractivity contribution >= 4 is 39.1 Å². The lowest BCUT2D eigenvalue weighted by atomic mass is 10.1. The summed E-state index contributed by atoms with van der Waals surface area (Å²) >= 11 is 1.53. The van der Waals surface area contributed by atoms with Gasteiger partial charge in [0.25, 0.3) is 5.91 Å². The molecule has 6 nitrogen and oxygen atoms in total. The van der Waals surface area contributed by atoms with E-state index in [2.05, 4.69) is 10.6 Å². The minimum Gasteiger partial charge on any atom is -0.464 e. The van der Waals surface area contributed by atoms with Gasteiger partial charge in [-0.15, -0.1) is 11.3 Å². The van der Waals surface area contributed by atoms with Crippen molar-refractivity contribution in [2.24, 2.45) is 0 Å². The Morgan fingerprint density at radius 1 is 1.23 bits per heavy atom. The molecular formula is C24H26N2O4S. The van der Waals surface area contributed by atoms with E-state index >= 15 is 0 Å². The predicted octanol–water partition coefficient (Wildman–Crippen LogP) is 4.38. The van der Waals surface area contributed by atoms with Crippen LogP contribution in [-0.2, 0) is 28.8 Å². The van der Waals surface area contributed by atoms with Gasteiger partial charge in [-0.2, -0.15) is 0 Å². The summed E-state index contributed by atoms with van der Waals surface area (Å²) in [5.74, 6) is -0.258. The number of thiophene rings is 1. The lowest BCUT2D eigenvalue weighted by Crippen LogP contribution is -2.32. The zero-order valence-electron chi connectivity index (χ0n) is 17.6. The normalized spacial score (nSPS) is 17.8. The van der Waals surface area contributed by atoms with Crippen LogP contribution in [0.15, 0.2) is 28.9 Å². The van der Waals surface area contributed by atoms with Gasteiger partial charge < -0.3 is 19.8 Å². The molecule has 31 heavy (non-hydrogen) atoms. The number of anilines is 1. The fourth-order valence-corrected chi connectivity index (χ4v) is 5.81. The van der Waals surface area contributed by atoms with E-state index in [0.717, 1.165) is 66.4 Å². The largest absolute Gasteiger partial charge is 0.464 e. The first-order chi connectivity index (χ1) is 15.1. The number of ether oxygens (including phenoxy) is 1. The van der Waals surface area contributed by atoms with Crippen LogP contribution in [0.4, 0.5) is 5.00 Å². The molecule has 1 saturated heterocycles. The van der Waals surface area contributed by atoms with Crippen LogP contribution in [0.1, 0.15) is 51.2 Å². The summed E-state index contributed by atoms with van der Waals surface area (Å²) < 4.78 is 11.2. The molecule has 2 amide bonds. The van der Waals surface area contributed by atoms with Crippen molar-refractivity contribution in [2.75, 3.05) is 18.5 Å². The summed E-state index contributed by atoms with van der Waals surface area (Å²) in [7, 11) is 0. The van der Waals surface area contributed by atoms with Gasteiger partial charge in [0.2, 0.25) is 5.91 Å². The Morgan fingerprint density at radius 2 is 2.13 bits per heavy atom. The Morgan fingerprint density at radius 3 is 2.97 bits per heavy atom.